The number of aromatic nitrogens is 2. The van der Waals surface area contributed by atoms with Gasteiger partial charge in [-0.05, 0) is 56.2 Å². The molecule has 0 unspecified atom stereocenters. The van der Waals surface area contributed by atoms with E-state index in [9.17, 15) is 0 Å². The average Bonchev–Trinajstić information content (AvgIpc) is 2.92. The summed E-state index contributed by atoms with van der Waals surface area (Å²) in [6, 6.07) is 5.77. The van der Waals surface area contributed by atoms with Gasteiger partial charge in [0.05, 0.1) is 16.1 Å². The van der Waals surface area contributed by atoms with E-state index in [-0.39, 0.29) is 0 Å². The number of rotatable bonds is 2. The molecule has 2 N–H and O–H groups in total. The summed E-state index contributed by atoms with van der Waals surface area (Å²) in [5.74, 6) is 1.76. The van der Waals surface area contributed by atoms with Crippen LogP contribution in [0, 0.1) is 12.8 Å². The second-order valence-corrected chi connectivity index (χ2v) is 6.65. The van der Waals surface area contributed by atoms with Crippen LogP contribution in [0.5, 0.6) is 0 Å². The molecule has 3 rings (SSSR count). The molecule has 4 nitrogen and oxygen atoms in total. The fourth-order valence-corrected chi connectivity index (χ4v) is 3.15. The predicted octanol–water partition coefficient (Wildman–Crippen LogP) is 4.06. The highest BCUT2D eigenvalue weighted by Crippen LogP contribution is 2.37. The van der Waals surface area contributed by atoms with Gasteiger partial charge in [-0.25, -0.2) is 0 Å². The monoisotopic (exact) mass is 305 g/mol. The van der Waals surface area contributed by atoms with Crippen molar-refractivity contribution in [3.05, 3.63) is 34.6 Å². The molecular formula is C16H20ClN3O. The Labute approximate surface area is 129 Å². The maximum absolute atomic E-state index is 6.48. The SMILES string of the molecule is Cc1ccc(-c2nc(C3(N)CCC(C)CC3)no2)c(Cl)c1. The lowest BCUT2D eigenvalue weighted by molar-refractivity contribution is 0.230. The highest BCUT2D eigenvalue weighted by Gasteiger charge is 2.36. The molecular weight excluding hydrogens is 286 g/mol. The molecule has 1 fully saturated rings. The average molecular weight is 306 g/mol. The number of hydrogen-bond acceptors (Lipinski definition) is 4. The van der Waals surface area contributed by atoms with E-state index in [2.05, 4.69) is 17.1 Å². The molecule has 2 aromatic rings. The molecule has 1 heterocycles. The van der Waals surface area contributed by atoms with E-state index in [4.69, 9.17) is 21.9 Å². The van der Waals surface area contributed by atoms with Crippen LogP contribution in [0.2, 0.25) is 5.02 Å². The molecule has 1 aromatic heterocycles. The Morgan fingerprint density at radius 2 is 2.05 bits per heavy atom. The van der Waals surface area contributed by atoms with Crippen LogP contribution in [0.1, 0.15) is 44.0 Å². The Kier molecular flexibility index (Phi) is 3.76. The molecule has 112 valence electrons. The van der Waals surface area contributed by atoms with Gasteiger partial charge in [0, 0.05) is 0 Å². The van der Waals surface area contributed by atoms with Crippen molar-refractivity contribution in [3.63, 3.8) is 0 Å². The third kappa shape index (κ3) is 2.83. The van der Waals surface area contributed by atoms with Crippen molar-refractivity contribution in [2.75, 3.05) is 0 Å². The first kappa shape index (κ1) is 14.5. The van der Waals surface area contributed by atoms with Gasteiger partial charge in [-0.1, -0.05) is 29.7 Å². The van der Waals surface area contributed by atoms with Gasteiger partial charge in [0.25, 0.3) is 5.89 Å². The molecule has 1 aliphatic rings. The Bertz CT molecular complexity index is 645. The summed E-state index contributed by atoms with van der Waals surface area (Å²) in [4.78, 5) is 4.50. The van der Waals surface area contributed by atoms with Gasteiger partial charge in [-0.15, -0.1) is 0 Å². The van der Waals surface area contributed by atoms with Gasteiger partial charge < -0.3 is 10.3 Å². The molecule has 0 spiro atoms. The molecule has 0 bridgehead atoms. The third-order valence-corrected chi connectivity index (χ3v) is 4.71. The van der Waals surface area contributed by atoms with Crippen molar-refractivity contribution >= 4 is 11.6 Å². The zero-order chi connectivity index (χ0) is 15.0. The topological polar surface area (TPSA) is 64.9 Å². The molecule has 0 radical (unpaired) electrons. The van der Waals surface area contributed by atoms with Crippen molar-refractivity contribution in [3.8, 4) is 11.5 Å². The van der Waals surface area contributed by atoms with E-state index < -0.39 is 5.54 Å². The maximum atomic E-state index is 6.48. The zero-order valence-corrected chi connectivity index (χ0v) is 13.2. The smallest absolute Gasteiger partial charge is 0.259 e. The van der Waals surface area contributed by atoms with E-state index in [1.54, 1.807) is 0 Å². The fraction of sp³-hybridized carbons (Fsp3) is 0.500. The molecule has 1 saturated carbocycles. The van der Waals surface area contributed by atoms with Crippen LogP contribution >= 0.6 is 11.6 Å². The molecule has 0 saturated heterocycles. The molecule has 0 atom stereocenters. The Balaban J connectivity index is 1.89. The van der Waals surface area contributed by atoms with E-state index in [0.29, 0.717) is 16.7 Å². The lowest BCUT2D eigenvalue weighted by Crippen LogP contribution is -2.41. The molecule has 0 aliphatic heterocycles. The van der Waals surface area contributed by atoms with E-state index in [0.717, 1.165) is 42.7 Å². The number of nitrogens with two attached hydrogens (primary N) is 1. The largest absolute Gasteiger partial charge is 0.334 e. The maximum Gasteiger partial charge on any atom is 0.259 e. The summed E-state index contributed by atoms with van der Waals surface area (Å²) in [5.41, 5.74) is 7.87. The van der Waals surface area contributed by atoms with E-state index >= 15 is 0 Å². The van der Waals surface area contributed by atoms with Gasteiger partial charge >= 0.3 is 0 Å². The molecule has 1 aromatic carbocycles. The summed E-state index contributed by atoms with van der Waals surface area (Å²) < 4.78 is 5.39. The van der Waals surface area contributed by atoms with Crippen LogP contribution in [-0.4, -0.2) is 10.1 Å². The van der Waals surface area contributed by atoms with Crippen molar-refractivity contribution in [2.45, 2.75) is 45.1 Å². The van der Waals surface area contributed by atoms with Crippen molar-refractivity contribution < 1.29 is 4.52 Å². The van der Waals surface area contributed by atoms with Crippen LogP contribution in [0.15, 0.2) is 22.7 Å². The van der Waals surface area contributed by atoms with Crippen molar-refractivity contribution in [1.82, 2.24) is 10.1 Å². The number of aryl methyl sites for hydroxylation is 1. The van der Waals surface area contributed by atoms with Crippen LogP contribution in [0.4, 0.5) is 0 Å². The highest BCUT2D eigenvalue weighted by atomic mass is 35.5. The fourth-order valence-electron chi connectivity index (χ4n) is 2.83. The molecule has 0 amide bonds. The summed E-state index contributed by atoms with van der Waals surface area (Å²) in [7, 11) is 0. The number of hydrogen-bond donors (Lipinski definition) is 1. The van der Waals surface area contributed by atoms with E-state index in [1.807, 2.05) is 25.1 Å². The summed E-state index contributed by atoms with van der Waals surface area (Å²) in [5, 5.41) is 4.73. The lowest BCUT2D eigenvalue weighted by Gasteiger charge is -2.33. The standard InChI is InChI=1S/C16H20ClN3O/c1-10-5-7-16(18,8-6-10)15-19-14(21-20-15)12-4-3-11(2)9-13(12)17/h3-4,9-10H,5-8,18H2,1-2H3. The first-order valence-electron chi connectivity index (χ1n) is 7.37. The molecule has 5 heteroatoms. The second kappa shape index (κ2) is 5.43. The zero-order valence-electron chi connectivity index (χ0n) is 12.4. The minimum absolute atomic E-state index is 0.443. The Morgan fingerprint density at radius 3 is 2.71 bits per heavy atom. The number of nitrogens with zero attached hydrogens (tertiary/aromatic N) is 2. The van der Waals surface area contributed by atoms with Gasteiger partial charge in [0.2, 0.25) is 0 Å². The molecule has 21 heavy (non-hydrogen) atoms. The van der Waals surface area contributed by atoms with Crippen LogP contribution in [-0.2, 0) is 5.54 Å². The van der Waals surface area contributed by atoms with Crippen LogP contribution in [0.25, 0.3) is 11.5 Å². The summed E-state index contributed by atoms with van der Waals surface area (Å²) >= 11 is 6.25. The third-order valence-electron chi connectivity index (χ3n) is 4.39. The van der Waals surface area contributed by atoms with Gasteiger partial charge in [0.1, 0.15) is 0 Å². The lowest BCUT2D eigenvalue weighted by atomic mass is 9.77. The first-order chi connectivity index (χ1) is 9.98. The molecule has 1 aliphatic carbocycles. The quantitative estimate of drug-likeness (QED) is 0.908. The summed E-state index contributed by atoms with van der Waals surface area (Å²) in [6.07, 6.45) is 4.00. The first-order valence-corrected chi connectivity index (χ1v) is 7.75. The summed E-state index contributed by atoms with van der Waals surface area (Å²) in [6.45, 7) is 4.25. The number of benzene rings is 1. The van der Waals surface area contributed by atoms with Crippen LogP contribution < -0.4 is 5.73 Å². The predicted molar refractivity (Wildman–Crippen MR) is 83.0 cm³/mol. The van der Waals surface area contributed by atoms with Gasteiger partial charge in [0.15, 0.2) is 5.82 Å². The Hall–Kier alpha value is -1.39. The van der Waals surface area contributed by atoms with Crippen LogP contribution in [0.3, 0.4) is 0 Å². The second-order valence-electron chi connectivity index (χ2n) is 6.25. The Morgan fingerprint density at radius 1 is 1.33 bits per heavy atom. The van der Waals surface area contributed by atoms with Crippen molar-refractivity contribution in [1.29, 1.82) is 0 Å². The van der Waals surface area contributed by atoms with E-state index in [1.165, 1.54) is 0 Å². The van der Waals surface area contributed by atoms with Gasteiger partial charge in [-0.3, -0.25) is 0 Å². The van der Waals surface area contributed by atoms with Gasteiger partial charge in [-0.2, -0.15) is 4.98 Å². The van der Waals surface area contributed by atoms with Crippen molar-refractivity contribution in [2.24, 2.45) is 11.7 Å². The minimum atomic E-state index is -0.467. The normalized spacial score (nSPS) is 26.0. The minimum Gasteiger partial charge on any atom is -0.334 e. The highest BCUT2D eigenvalue weighted by molar-refractivity contribution is 6.33. The number of halogens is 1.